The van der Waals surface area contributed by atoms with Crippen molar-refractivity contribution in [1.82, 2.24) is 14.5 Å². The van der Waals surface area contributed by atoms with Gasteiger partial charge in [-0.25, -0.2) is 14.2 Å². The lowest BCUT2D eigenvalue weighted by atomic mass is 9.87. The molecule has 0 saturated heterocycles. The van der Waals surface area contributed by atoms with Gasteiger partial charge in [0.1, 0.15) is 12.4 Å². The number of aromatic nitrogens is 2. The topological polar surface area (TPSA) is 165 Å². The summed E-state index contributed by atoms with van der Waals surface area (Å²) in [5.41, 5.74) is 10.2. The maximum Gasteiger partial charge on any atom is 0.340 e. The van der Waals surface area contributed by atoms with E-state index in [-0.39, 0.29) is 47.3 Å². The number of nitrogens with zero attached hydrogens (tertiary/aromatic N) is 3. The Balaban J connectivity index is 0.000000272. The van der Waals surface area contributed by atoms with Gasteiger partial charge in [0.05, 0.1) is 46.7 Å². The Morgan fingerprint density at radius 1 is 1.17 bits per heavy atom. The van der Waals surface area contributed by atoms with E-state index in [9.17, 15) is 33.8 Å². The molecule has 0 bridgehead atoms. The predicted molar refractivity (Wildman–Crippen MR) is 200 cm³/mol. The van der Waals surface area contributed by atoms with Crippen molar-refractivity contribution >= 4 is 40.3 Å². The lowest BCUT2D eigenvalue weighted by Crippen LogP contribution is -2.42. The summed E-state index contributed by atoms with van der Waals surface area (Å²) in [6, 6.07) is 2.97. The minimum absolute atomic E-state index is 0.0844. The normalized spacial score (nSPS) is 15.4. The number of rotatable bonds is 8. The minimum Gasteiger partial charge on any atom is -0.458 e. The van der Waals surface area contributed by atoms with Crippen molar-refractivity contribution in [3.63, 3.8) is 0 Å². The number of esters is 1. The van der Waals surface area contributed by atoms with Crippen molar-refractivity contribution in [2.75, 3.05) is 13.1 Å². The molecule has 4 heterocycles. The molecule has 52 heavy (non-hydrogen) atoms. The van der Waals surface area contributed by atoms with E-state index in [0.29, 0.717) is 41.9 Å². The molecule has 2 unspecified atom stereocenters. The van der Waals surface area contributed by atoms with Crippen LogP contribution in [0, 0.1) is 5.82 Å². The van der Waals surface area contributed by atoms with E-state index in [1.54, 1.807) is 36.6 Å². The van der Waals surface area contributed by atoms with Crippen LogP contribution < -0.4 is 11.3 Å². The van der Waals surface area contributed by atoms with Gasteiger partial charge >= 0.3 is 5.97 Å². The van der Waals surface area contributed by atoms with Crippen molar-refractivity contribution in [3.8, 4) is 11.4 Å². The van der Waals surface area contributed by atoms with Gasteiger partial charge in [0.2, 0.25) is 11.8 Å². The molecule has 3 aromatic rings. The van der Waals surface area contributed by atoms with Gasteiger partial charge in [0.15, 0.2) is 6.10 Å². The fourth-order valence-corrected chi connectivity index (χ4v) is 6.43. The van der Waals surface area contributed by atoms with Crippen molar-refractivity contribution in [1.29, 1.82) is 0 Å². The molecule has 280 valence electrons. The zero-order chi connectivity index (χ0) is 38.9. The number of aliphatic hydroxyl groups is 2. The van der Waals surface area contributed by atoms with E-state index in [1.165, 1.54) is 11.0 Å². The number of cyclic esters (lactones) is 1. The molecule has 1 aromatic carbocycles. The van der Waals surface area contributed by atoms with Crippen LogP contribution in [0.15, 0.2) is 53.9 Å². The molecule has 2 amide bonds. The zero-order valence-corrected chi connectivity index (χ0v) is 31.2. The van der Waals surface area contributed by atoms with Crippen LogP contribution in [0.2, 0.25) is 5.02 Å². The average Bonchev–Trinajstić information content (AvgIpc) is 3.50. The van der Waals surface area contributed by atoms with Gasteiger partial charge in [-0.15, -0.1) is 13.2 Å². The number of amides is 2. The van der Waals surface area contributed by atoms with Gasteiger partial charge in [0, 0.05) is 34.7 Å². The minimum atomic E-state index is -1.50. The monoisotopic (exact) mass is 738 g/mol. The highest BCUT2D eigenvalue weighted by Crippen LogP contribution is 2.43. The summed E-state index contributed by atoms with van der Waals surface area (Å²) in [6.45, 7) is 16.4. The largest absolute Gasteiger partial charge is 0.458 e. The number of benzene rings is 1. The summed E-state index contributed by atoms with van der Waals surface area (Å²) in [5.74, 6) is -2.18. The molecular formula is C39H48ClFN4O7. The van der Waals surface area contributed by atoms with Gasteiger partial charge in [0.25, 0.3) is 5.56 Å². The summed E-state index contributed by atoms with van der Waals surface area (Å²) in [5, 5.41) is 20.5. The van der Waals surface area contributed by atoms with Crippen molar-refractivity contribution in [2.24, 2.45) is 5.73 Å². The number of primary amides is 1. The van der Waals surface area contributed by atoms with E-state index >= 15 is 0 Å². The fraction of sp³-hybridized carbons (Fsp3) is 0.410. The van der Waals surface area contributed by atoms with Gasteiger partial charge in [-0.05, 0) is 63.1 Å². The zero-order valence-electron chi connectivity index (χ0n) is 30.4. The smallest absolute Gasteiger partial charge is 0.340 e. The van der Waals surface area contributed by atoms with Gasteiger partial charge in [-0.2, -0.15) is 0 Å². The number of hydrogen-bond donors (Lipinski definition) is 3. The third-order valence-corrected chi connectivity index (χ3v) is 8.95. The summed E-state index contributed by atoms with van der Waals surface area (Å²) < 4.78 is 20.9. The molecule has 2 atom stereocenters. The van der Waals surface area contributed by atoms with Crippen LogP contribution in [0.1, 0.15) is 87.8 Å². The first kappa shape index (κ1) is 41.8. The summed E-state index contributed by atoms with van der Waals surface area (Å²) in [6.07, 6.45) is 7.04. The van der Waals surface area contributed by atoms with E-state index < -0.39 is 29.9 Å². The second-order valence-electron chi connectivity index (χ2n) is 12.3. The summed E-state index contributed by atoms with van der Waals surface area (Å²) >= 11 is 6.23. The number of pyridine rings is 2. The van der Waals surface area contributed by atoms with Crippen LogP contribution in [-0.4, -0.2) is 61.6 Å². The Hall–Kier alpha value is -4.65. The predicted octanol–water partition coefficient (Wildman–Crippen LogP) is 5.61. The van der Waals surface area contributed by atoms with E-state index in [0.717, 1.165) is 41.3 Å². The number of aliphatic hydroxyl groups excluding tert-OH is 2. The number of halogens is 2. The lowest BCUT2D eigenvalue weighted by Gasteiger charge is -2.22. The highest BCUT2D eigenvalue weighted by molar-refractivity contribution is 6.32. The quantitative estimate of drug-likeness (QED) is 0.119. The number of ether oxygens (including phenoxy) is 1. The van der Waals surface area contributed by atoms with Crippen LogP contribution in [0.4, 0.5) is 4.39 Å². The van der Waals surface area contributed by atoms with E-state index in [2.05, 4.69) is 25.1 Å². The molecule has 0 fully saturated rings. The molecule has 2 aromatic heterocycles. The highest BCUT2D eigenvalue weighted by atomic mass is 35.5. The SMILES string of the molecule is C=CC/C=C(\C)C(=O)N(CC(N)=O)CC(C)O.C=CCC.CC.O=C1OCc2c(cc3n(c2=O)Cc2c-3nc3cc(F)c(Cl)c4c3c2CCC4)C1O. The summed E-state index contributed by atoms with van der Waals surface area (Å²) in [7, 11) is 0. The van der Waals surface area contributed by atoms with E-state index in [1.807, 2.05) is 19.9 Å². The molecular weight excluding hydrogens is 691 g/mol. The average molecular weight is 739 g/mol. The summed E-state index contributed by atoms with van der Waals surface area (Å²) in [4.78, 5) is 53.5. The van der Waals surface area contributed by atoms with Crippen LogP contribution in [0.3, 0.4) is 0 Å². The van der Waals surface area contributed by atoms with Crippen LogP contribution in [0.25, 0.3) is 22.3 Å². The molecule has 0 radical (unpaired) electrons. The number of aryl methyl sites for hydroxylation is 2. The Kier molecular flexibility index (Phi) is 15.0. The first-order chi connectivity index (χ1) is 24.7. The first-order valence-corrected chi connectivity index (χ1v) is 17.7. The van der Waals surface area contributed by atoms with Crippen molar-refractivity contribution in [2.45, 2.75) is 92.1 Å². The third kappa shape index (κ3) is 9.04. The number of fused-ring (bicyclic) bond motifs is 5. The van der Waals surface area contributed by atoms with Crippen LogP contribution in [-0.2, 0) is 45.1 Å². The van der Waals surface area contributed by atoms with E-state index in [4.69, 9.17) is 22.1 Å². The molecule has 2 aliphatic heterocycles. The number of carbonyl (C=O) groups is 3. The Labute approximate surface area is 308 Å². The molecule has 1 aliphatic carbocycles. The van der Waals surface area contributed by atoms with Gasteiger partial charge in [-0.3, -0.25) is 14.4 Å². The second kappa shape index (κ2) is 18.7. The number of hydrogen-bond acceptors (Lipinski definition) is 8. The molecule has 13 heteroatoms. The standard InChI is InChI=1S/C21H14ClFN2O4.C12H20N2O3.C4H8.C2H6/c22-17-9-3-1-2-8-11-6-25-15(18(11)24-14(16(8)9)5-13(17)23)4-10-12(20(25)27)7-29-21(28)19(10)26;1-4-5-6-9(2)12(17)14(7-10(3)15)8-11(13)16;1-3-4-2;1-2/h4-5,19,26H,1-3,6-7H2;4,6,10,15H,1,5,7-8H2,2-3H3,(H2,13,16);3H,1,4H2,2H3;1-2H3/b;9-6+;;. The number of allylic oxidation sites excluding steroid dienone is 3. The van der Waals surface area contributed by atoms with Crippen LogP contribution >= 0.6 is 11.6 Å². The Morgan fingerprint density at radius 2 is 1.83 bits per heavy atom. The Bertz CT molecular complexity index is 1950. The molecule has 11 nitrogen and oxygen atoms in total. The molecule has 0 saturated carbocycles. The molecule has 3 aliphatic rings. The third-order valence-electron chi connectivity index (χ3n) is 8.54. The van der Waals surface area contributed by atoms with Crippen LogP contribution in [0.5, 0.6) is 0 Å². The number of carbonyl (C=O) groups excluding carboxylic acids is 3. The maximum atomic E-state index is 14.4. The molecule has 0 spiro atoms. The van der Waals surface area contributed by atoms with Gasteiger partial charge in [-0.1, -0.05) is 50.6 Å². The first-order valence-electron chi connectivity index (χ1n) is 17.3. The fourth-order valence-electron chi connectivity index (χ4n) is 6.19. The van der Waals surface area contributed by atoms with Crippen molar-refractivity contribution in [3.05, 3.63) is 98.1 Å². The molecule has 4 N–H and O–H groups in total. The Morgan fingerprint density at radius 3 is 2.42 bits per heavy atom. The number of nitrogens with two attached hydrogens (primary N) is 1. The molecule has 6 rings (SSSR count). The second-order valence-corrected chi connectivity index (χ2v) is 12.7. The van der Waals surface area contributed by atoms with Gasteiger partial charge < -0.3 is 30.2 Å². The lowest BCUT2D eigenvalue weighted by molar-refractivity contribution is -0.157. The highest BCUT2D eigenvalue weighted by Gasteiger charge is 2.35. The van der Waals surface area contributed by atoms with Crippen molar-refractivity contribution < 1.29 is 33.7 Å². The maximum absolute atomic E-state index is 14.4.